The van der Waals surface area contributed by atoms with Crippen molar-refractivity contribution in [3.63, 3.8) is 0 Å². The Morgan fingerprint density at radius 2 is 2.07 bits per heavy atom. The van der Waals surface area contributed by atoms with E-state index in [0.717, 1.165) is 12.8 Å². The van der Waals surface area contributed by atoms with Gasteiger partial charge in [0.2, 0.25) is 21.7 Å². The first-order chi connectivity index (χ1) is 13.5. The Morgan fingerprint density at radius 1 is 1.21 bits per heavy atom. The second-order valence-corrected chi connectivity index (χ2v) is 8.69. The fourth-order valence-corrected chi connectivity index (χ4v) is 4.92. The first-order valence-corrected chi connectivity index (χ1v) is 10.5. The number of halogens is 1. The van der Waals surface area contributed by atoms with Gasteiger partial charge in [0.25, 0.3) is 0 Å². The fourth-order valence-electron chi connectivity index (χ4n) is 3.40. The van der Waals surface area contributed by atoms with Crippen LogP contribution in [-0.4, -0.2) is 40.9 Å². The summed E-state index contributed by atoms with van der Waals surface area (Å²) in [4.78, 5) is 8.38. The van der Waals surface area contributed by atoms with Crippen molar-refractivity contribution in [2.75, 3.05) is 13.1 Å². The number of pyridine rings is 1. The summed E-state index contributed by atoms with van der Waals surface area (Å²) in [5.74, 6) is 0.211. The molecule has 1 aliphatic rings. The normalized spacial score (nSPS) is 18.2. The van der Waals surface area contributed by atoms with Crippen LogP contribution in [0.4, 0.5) is 4.39 Å². The quantitative estimate of drug-likeness (QED) is 0.652. The summed E-state index contributed by atoms with van der Waals surface area (Å²) in [5.41, 5.74) is 0.280. The highest BCUT2D eigenvalue weighted by Crippen LogP contribution is 2.26. The van der Waals surface area contributed by atoms with Crippen LogP contribution in [0, 0.1) is 11.7 Å². The first-order valence-electron chi connectivity index (χ1n) is 9.02. The van der Waals surface area contributed by atoms with Crippen LogP contribution in [0.5, 0.6) is 0 Å². The number of benzene rings is 1. The number of hydrogen-bond acceptors (Lipinski definition) is 6. The van der Waals surface area contributed by atoms with Crippen LogP contribution in [0.2, 0.25) is 0 Å². The topological polar surface area (TPSA) is 89.2 Å². The van der Waals surface area contributed by atoms with Crippen molar-refractivity contribution < 1.29 is 17.3 Å². The van der Waals surface area contributed by atoms with Gasteiger partial charge in [0, 0.05) is 31.9 Å². The van der Waals surface area contributed by atoms with Gasteiger partial charge in [-0.1, -0.05) is 17.3 Å². The second-order valence-electron chi connectivity index (χ2n) is 6.76. The molecule has 3 aromatic rings. The lowest BCUT2D eigenvalue weighted by atomic mass is 9.96. The molecule has 1 atom stereocenters. The predicted molar refractivity (Wildman–Crippen MR) is 99.1 cm³/mol. The van der Waals surface area contributed by atoms with E-state index in [9.17, 15) is 12.8 Å². The summed E-state index contributed by atoms with van der Waals surface area (Å²) in [6.45, 7) is 0.840. The van der Waals surface area contributed by atoms with E-state index in [2.05, 4.69) is 15.1 Å². The predicted octanol–water partition coefficient (Wildman–Crippen LogP) is 2.91. The minimum Gasteiger partial charge on any atom is -0.339 e. The largest absolute Gasteiger partial charge is 0.339 e. The zero-order chi connectivity index (χ0) is 19.6. The molecule has 0 spiro atoms. The summed E-state index contributed by atoms with van der Waals surface area (Å²) in [5, 5.41) is 3.86. The summed E-state index contributed by atoms with van der Waals surface area (Å²) >= 11 is 0. The first kappa shape index (κ1) is 18.7. The van der Waals surface area contributed by atoms with Gasteiger partial charge in [-0.3, -0.25) is 4.98 Å². The van der Waals surface area contributed by atoms with E-state index in [0.29, 0.717) is 25.4 Å². The van der Waals surface area contributed by atoms with E-state index in [1.807, 2.05) is 0 Å². The molecule has 0 radical (unpaired) electrons. The van der Waals surface area contributed by atoms with Gasteiger partial charge in [0.15, 0.2) is 0 Å². The van der Waals surface area contributed by atoms with E-state index < -0.39 is 15.8 Å². The van der Waals surface area contributed by atoms with Crippen LogP contribution in [-0.2, 0) is 16.4 Å². The van der Waals surface area contributed by atoms with Gasteiger partial charge in [0.1, 0.15) is 10.7 Å². The van der Waals surface area contributed by atoms with E-state index in [1.165, 1.54) is 16.6 Å². The average molecular weight is 402 g/mol. The Kier molecular flexibility index (Phi) is 5.19. The Hall–Kier alpha value is -2.65. The molecule has 1 saturated heterocycles. The number of rotatable bonds is 5. The van der Waals surface area contributed by atoms with Gasteiger partial charge >= 0.3 is 0 Å². The maximum Gasteiger partial charge on any atom is 0.244 e. The van der Waals surface area contributed by atoms with Gasteiger partial charge in [-0.25, -0.2) is 12.8 Å². The monoisotopic (exact) mass is 402 g/mol. The zero-order valence-corrected chi connectivity index (χ0v) is 15.8. The molecule has 3 heterocycles. The molecule has 4 rings (SSSR count). The van der Waals surface area contributed by atoms with Gasteiger partial charge in [0.05, 0.1) is 5.56 Å². The van der Waals surface area contributed by atoms with Crippen LogP contribution < -0.4 is 0 Å². The summed E-state index contributed by atoms with van der Waals surface area (Å²) < 4.78 is 46.3. The Morgan fingerprint density at radius 3 is 2.86 bits per heavy atom. The van der Waals surface area contributed by atoms with E-state index in [1.54, 1.807) is 36.5 Å². The minimum atomic E-state index is -3.58. The molecule has 28 heavy (non-hydrogen) atoms. The standard InChI is InChI=1S/C19H19FN4O3S/c20-17-8-2-1-7-16(17)19-22-18(27-23-19)11-14-5-4-10-24(13-14)28(25,26)15-6-3-9-21-12-15/h1-3,6-9,12,14H,4-5,10-11,13H2. The van der Waals surface area contributed by atoms with Gasteiger partial charge in [-0.05, 0) is 43.0 Å². The molecule has 1 fully saturated rings. The molecule has 1 unspecified atom stereocenters. The summed E-state index contributed by atoms with van der Waals surface area (Å²) in [6.07, 6.45) is 4.95. The highest BCUT2D eigenvalue weighted by atomic mass is 32.2. The Labute approximate surface area is 162 Å². The third kappa shape index (κ3) is 3.81. The molecular formula is C19H19FN4O3S. The van der Waals surface area contributed by atoms with Gasteiger partial charge in [-0.2, -0.15) is 9.29 Å². The average Bonchev–Trinajstić information content (AvgIpc) is 3.17. The van der Waals surface area contributed by atoms with E-state index in [4.69, 9.17) is 4.52 Å². The molecule has 7 nitrogen and oxygen atoms in total. The van der Waals surface area contributed by atoms with Crippen molar-refractivity contribution in [2.45, 2.75) is 24.2 Å². The van der Waals surface area contributed by atoms with Crippen molar-refractivity contribution in [3.8, 4) is 11.4 Å². The SMILES string of the molecule is O=S(=O)(c1cccnc1)N1CCCC(Cc2nc(-c3ccccc3F)no2)C1. The molecule has 2 aromatic heterocycles. The van der Waals surface area contributed by atoms with Crippen LogP contribution in [0.15, 0.2) is 58.2 Å². The molecule has 0 saturated carbocycles. The van der Waals surface area contributed by atoms with Crippen LogP contribution in [0.25, 0.3) is 11.4 Å². The maximum atomic E-state index is 13.9. The third-order valence-corrected chi connectivity index (χ3v) is 6.65. The van der Waals surface area contributed by atoms with Crippen LogP contribution in [0.1, 0.15) is 18.7 Å². The van der Waals surface area contributed by atoms with Crippen molar-refractivity contribution in [2.24, 2.45) is 5.92 Å². The number of aromatic nitrogens is 3. The van der Waals surface area contributed by atoms with Crippen molar-refractivity contribution >= 4 is 10.0 Å². The number of nitrogens with zero attached hydrogens (tertiary/aromatic N) is 4. The van der Waals surface area contributed by atoms with Crippen LogP contribution in [0.3, 0.4) is 0 Å². The number of sulfonamides is 1. The molecule has 0 bridgehead atoms. The highest BCUT2D eigenvalue weighted by Gasteiger charge is 2.31. The van der Waals surface area contributed by atoms with E-state index >= 15 is 0 Å². The lowest BCUT2D eigenvalue weighted by molar-refractivity contribution is 0.247. The molecule has 1 aliphatic heterocycles. The lowest BCUT2D eigenvalue weighted by Gasteiger charge is -2.31. The molecule has 146 valence electrons. The summed E-state index contributed by atoms with van der Waals surface area (Å²) in [7, 11) is -3.58. The van der Waals surface area contributed by atoms with Crippen molar-refractivity contribution in [1.82, 2.24) is 19.4 Å². The smallest absolute Gasteiger partial charge is 0.244 e. The number of hydrogen-bond donors (Lipinski definition) is 0. The highest BCUT2D eigenvalue weighted by molar-refractivity contribution is 7.89. The lowest BCUT2D eigenvalue weighted by Crippen LogP contribution is -2.40. The molecule has 9 heteroatoms. The van der Waals surface area contributed by atoms with Crippen LogP contribution >= 0.6 is 0 Å². The third-order valence-electron chi connectivity index (χ3n) is 4.80. The van der Waals surface area contributed by atoms with Crippen molar-refractivity contribution in [3.05, 3.63) is 60.5 Å². The molecule has 0 amide bonds. The molecular weight excluding hydrogens is 383 g/mol. The zero-order valence-electron chi connectivity index (χ0n) is 15.0. The van der Waals surface area contributed by atoms with Crippen molar-refractivity contribution in [1.29, 1.82) is 0 Å². The molecule has 0 N–H and O–H groups in total. The minimum absolute atomic E-state index is 0.0501. The summed E-state index contributed by atoms with van der Waals surface area (Å²) in [6, 6.07) is 9.39. The van der Waals surface area contributed by atoms with E-state index in [-0.39, 0.29) is 22.2 Å². The van der Waals surface area contributed by atoms with Gasteiger partial charge < -0.3 is 4.52 Å². The fraction of sp³-hybridized carbons (Fsp3) is 0.316. The Balaban J connectivity index is 1.47. The molecule has 1 aromatic carbocycles. The van der Waals surface area contributed by atoms with Gasteiger partial charge in [-0.15, -0.1) is 0 Å². The Bertz CT molecular complexity index is 1060. The second kappa shape index (κ2) is 7.76. The maximum absolute atomic E-state index is 13.9. The molecule has 0 aliphatic carbocycles. The number of piperidine rings is 1.